The standard InChI is InChI=1S/C16H16ClN5O3/c1-3-25-13-5-4-10(17)6-12(13)20-14(23)8-22-9-18-15-11(16(22)24)7-19-21(15)2/h4-7,9H,3,8H2,1-2H3,(H,20,23). The summed E-state index contributed by atoms with van der Waals surface area (Å²) in [5.74, 6) is 0.115. The van der Waals surface area contributed by atoms with Gasteiger partial charge in [-0.1, -0.05) is 11.6 Å². The number of carbonyl (C=O) groups excluding carboxylic acids is 1. The summed E-state index contributed by atoms with van der Waals surface area (Å²) in [5, 5.41) is 7.53. The Morgan fingerprint density at radius 1 is 1.40 bits per heavy atom. The minimum Gasteiger partial charge on any atom is -0.492 e. The number of ether oxygens (including phenoxy) is 1. The van der Waals surface area contributed by atoms with E-state index < -0.39 is 5.91 Å². The van der Waals surface area contributed by atoms with Crippen LogP contribution in [0, 0.1) is 0 Å². The fourth-order valence-electron chi connectivity index (χ4n) is 2.40. The number of hydrogen-bond acceptors (Lipinski definition) is 5. The van der Waals surface area contributed by atoms with Crippen molar-refractivity contribution in [1.29, 1.82) is 0 Å². The van der Waals surface area contributed by atoms with E-state index in [-0.39, 0.29) is 12.1 Å². The number of carbonyl (C=O) groups is 1. The van der Waals surface area contributed by atoms with Crippen LogP contribution in [-0.4, -0.2) is 31.8 Å². The molecule has 1 amide bonds. The Morgan fingerprint density at radius 2 is 2.20 bits per heavy atom. The number of rotatable bonds is 5. The second-order valence-corrected chi connectivity index (χ2v) is 5.74. The first kappa shape index (κ1) is 17.0. The van der Waals surface area contributed by atoms with Crippen molar-refractivity contribution < 1.29 is 9.53 Å². The molecule has 0 aliphatic carbocycles. The van der Waals surface area contributed by atoms with Gasteiger partial charge in [0.05, 0.1) is 18.5 Å². The molecule has 0 unspecified atom stereocenters. The Labute approximate surface area is 148 Å². The van der Waals surface area contributed by atoms with Crippen LogP contribution >= 0.6 is 11.6 Å². The molecule has 9 heteroatoms. The van der Waals surface area contributed by atoms with E-state index >= 15 is 0 Å². The average molecular weight is 362 g/mol. The van der Waals surface area contributed by atoms with Crippen LogP contribution in [-0.2, 0) is 18.4 Å². The monoisotopic (exact) mass is 361 g/mol. The molecule has 0 radical (unpaired) electrons. The summed E-state index contributed by atoms with van der Waals surface area (Å²) in [6, 6.07) is 4.94. The minimum absolute atomic E-state index is 0.186. The van der Waals surface area contributed by atoms with E-state index in [0.29, 0.717) is 34.1 Å². The summed E-state index contributed by atoms with van der Waals surface area (Å²) in [7, 11) is 1.69. The lowest BCUT2D eigenvalue weighted by Gasteiger charge is -2.12. The van der Waals surface area contributed by atoms with Crippen molar-refractivity contribution in [3.8, 4) is 5.75 Å². The summed E-state index contributed by atoms with van der Waals surface area (Å²) in [5.41, 5.74) is 0.585. The largest absolute Gasteiger partial charge is 0.492 e. The zero-order valence-electron chi connectivity index (χ0n) is 13.7. The van der Waals surface area contributed by atoms with Gasteiger partial charge >= 0.3 is 0 Å². The van der Waals surface area contributed by atoms with Crippen molar-refractivity contribution in [2.24, 2.45) is 7.05 Å². The number of benzene rings is 1. The molecular weight excluding hydrogens is 346 g/mol. The van der Waals surface area contributed by atoms with Crippen molar-refractivity contribution in [1.82, 2.24) is 19.3 Å². The van der Waals surface area contributed by atoms with Crippen molar-refractivity contribution in [3.05, 3.63) is 46.1 Å². The van der Waals surface area contributed by atoms with E-state index in [4.69, 9.17) is 16.3 Å². The van der Waals surface area contributed by atoms with Gasteiger partial charge in [0, 0.05) is 12.1 Å². The number of aromatic nitrogens is 4. The third kappa shape index (κ3) is 3.48. The number of halogens is 1. The van der Waals surface area contributed by atoms with Crippen LogP contribution in [0.5, 0.6) is 5.75 Å². The highest BCUT2D eigenvalue weighted by Gasteiger charge is 2.13. The first-order valence-corrected chi connectivity index (χ1v) is 7.96. The SMILES string of the molecule is CCOc1ccc(Cl)cc1NC(=O)Cn1cnc2c(cnn2C)c1=O. The van der Waals surface area contributed by atoms with Gasteiger partial charge < -0.3 is 10.1 Å². The molecule has 0 aliphatic rings. The number of hydrogen-bond donors (Lipinski definition) is 1. The van der Waals surface area contributed by atoms with Crippen LogP contribution < -0.4 is 15.6 Å². The Balaban J connectivity index is 1.83. The van der Waals surface area contributed by atoms with E-state index in [2.05, 4.69) is 15.4 Å². The highest BCUT2D eigenvalue weighted by molar-refractivity contribution is 6.31. The third-order valence-corrected chi connectivity index (χ3v) is 3.78. The van der Waals surface area contributed by atoms with E-state index in [1.165, 1.54) is 21.8 Å². The zero-order valence-corrected chi connectivity index (χ0v) is 14.4. The van der Waals surface area contributed by atoms with E-state index in [1.54, 1.807) is 25.2 Å². The molecule has 1 aromatic carbocycles. The Kier molecular flexibility index (Phi) is 4.71. The lowest BCUT2D eigenvalue weighted by atomic mass is 10.3. The zero-order chi connectivity index (χ0) is 18.0. The smallest absolute Gasteiger partial charge is 0.264 e. The first-order chi connectivity index (χ1) is 12.0. The number of nitrogens with zero attached hydrogens (tertiary/aromatic N) is 4. The molecule has 3 aromatic rings. The normalized spacial score (nSPS) is 10.8. The van der Waals surface area contributed by atoms with Gasteiger partial charge in [-0.25, -0.2) is 4.98 Å². The van der Waals surface area contributed by atoms with Gasteiger partial charge in [-0.2, -0.15) is 5.10 Å². The Hall–Kier alpha value is -2.87. The molecule has 0 spiro atoms. The predicted molar refractivity (Wildman–Crippen MR) is 94.0 cm³/mol. The molecule has 25 heavy (non-hydrogen) atoms. The van der Waals surface area contributed by atoms with Gasteiger partial charge in [0.25, 0.3) is 5.56 Å². The molecule has 0 atom stereocenters. The second-order valence-electron chi connectivity index (χ2n) is 5.30. The summed E-state index contributed by atoms with van der Waals surface area (Å²) >= 11 is 5.97. The molecule has 0 saturated carbocycles. The van der Waals surface area contributed by atoms with E-state index in [0.717, 1.165) is 0 Å². The van der Waals surface area contributed by atoms with Gasteiger partial charge in [0.1, 0.15) is 24.0 Å². The van der Waals surface area contributed by atoms with Crippen molar-refractivity contribution in [2.75, 3.05) is 11.9 Å². The van der Waals surface area contributed by atoms with Crippen LogP contribution in [0.2, 0.25) is 5.02 Å². The number of anilines is 1. The molecule has 0 aliphatic heterocycles. The molecule has 130 valence electrons. The fraction of sp³-hybridized carbons (Fsp3) is 0.250. The van der Waals surface area contributed by atoms with Crippen LogP contribution in [0.3, 0.4) is 0 Å². The lowest BCUT2D eigenvalue weighted by molar-refractivity contribution is -0.116. The van der Waals surface area contributed by atoms with Crippen LogP contribution in [0.15, 0.2) is 35.5 Å². The highest BCUT2D eigenvalue weighted by atomic mass is 35.5. The van der Waals surface area contributed by atoms with Gasteiger partial charge in [0.2, 0.25) is 5.91 Å². The van der Waals surface area contributed by atoms with Gasteiger partial charge in [-0.3, -0.25) is 18.8 Å². The maximum absolute atomic E-state index is 12.4. The number of fused-ring (bicyclic) bond motifs is 1. The first-order valence-electron chi connectivity index (χ1n) is 7.59. The summed E-state index contributed by atoms with van der Waals surface area (Å²) in [6.45, 7) is 2.11. The van der Waals surface area contributed by atoms with Crippen LogP contribution in [0.4, 0.5) is 5.69 Å². The lowest BCUT2D eigenvalue weighted by Crippen LogP contribution is -2.28. The number of amides is 1. The van der Waals surface area contributed by atoms with Gasteiger partial charge in [0.15, 0.2) is 5.65 Å². The quantitative estimate of drug-likeness (QED) is 0.748. The average Bonchev–Trinajstić information content (AvgIpc) is 2.95. The number of aryl methyl sites for hydroxylation is 1. The summed E-state index contributed by atoms with van der Waals surface area (Å²) in [6.07, 6.45) is 2.76. The van der Waals surface area contributed by atoms with Gasteiger partial charge in [-0.05, 0) is 25.1 Å². The molecule has 0 bridgehead atoms. The van der Waals surface area contributed by atoms with Crippen molar-refractivity contribution in [2.45, 2.75) is 13.5 Å². The second kappa shape index (κ2) is 6.94. The molecule has 3 rings (SSSR count). The molecule has 1 N–H and O–H groups in total. The van der Waals surface area contributed by atoms with Crippen molar-refractivity contribution in [3.63, 3.8) is 0 Å². The summed E-state index contributed by atoms with van der Waals surface area (Å²) < 4.78 is 8.19. The fourth-order valence-corrected chi connectivity index (χ4v) is 2.58. The van der Waals surface area contributed by atoms with Gasteiger partial charge in [-0.15, -0.1) is 0 Å². The number of nitrogens with one attached hydrogen (secondary N) is 1. The molecule has 2 heterocycles. The summed E-state index contributed by atoms with van der Waals surface area (Å²) in [4.78, 5) is 28.9. The molecule has 2 aromatic heterocycles. The third-order valence-electron chi connectivity index (χ3n) is 3.55. The predicted octanol–water partition coefficient (Wildman–Crippen LogP) is 1.82. The molecule has 0 saturated heterocycles. The topological polar surface area (TPSA) is 91.0 Å². The van der Waals surface area contributed by atoms with E-state index in [9.17, 15) is 9.59 Å². The highest BCUT2D eigenvalue weighted by Crippen LogP contribution is 2.28. The molecule has 8 nitrogen and oxygen atoms in total. The van der Waals surface area contributed by atoms with Crippen LogP contribution in [0.25, 0.3) is 11.0 Å². The van der Waals surface area contributed by atoms with Crippen LogP contribution in [0.1, 0.15) is 6.92 Å². The molecule has 0 fully saturated rings. The maximum Gasteiger partial charge on any atom is 0.264 e. The minimum atomic E-state index is -0.393. The van der Waals surface area contributed by atoms with E-state index in [1.807, 2.05) is 6.92 Å². The maximum atomic E-state index is 12.4. The molecular formula is C16H16ClN5O3. The van der Waals surface area contributed by atoms with Crippen molar-refractivity contribution >= 4 is 34.2 Å². The Bertz CT molecular complexity index is 995. The Morgan fingerprint density at radius 3 is 2.96 bits per heavy atom.